The van der Waals surface area contributed by atoms with Crippen LogP contribution in [0.5, 0.6) is 0 Å². The number of likely N-dealkylation sites (tertiary alicyclic amines) is 1. The number of hydrogen-bond donors (Lipinski definition) is 1. The predicted octanol–water partition coefficient (Wildman–Crippen LogP) is 6.52. The third-order valence-corrected chi connectivity index (χ3v) is 10.4. The summed E-state index contributed by atoms with van der Waals surface area (Å²) in [5, 5.41) is 1.65. The SMILES string of the molecule is CC1(c2ccc(Cl)c(Cl)c2)C(C(=O)CN)N(C(=O)c2ccc(F)c3ccccc23)CCN1C1CCN(Cc2ccccc2)CC1. The number of nitrogens with zero attached hydrogens (tertiary/aromatic N) is 3. The number of ketones is 1. The minimum Gasteiger partial charge on any atom is -0.325 e. The van der Waals surface area contributed by atoms with E-state index in [-0.39, 0.29) is 24.3 Å². The fourth-order valence-electron chi connectivity index (χ4n) is 7.39. The molecule has 2 heterocycles. The van der Waals surface area contributed by atoms with E-state index in [9.17, 15) is 14.0 Å². The fourth-order valence-corrected chi connectivity index (χ4v) is 7.68. The summed E-state index contributed by atoms with van der Waals surface area (Å²) >= 11 is 12.9. The molecule has 2 aliphatic heterocycles. The van der Waals surface area contributed by atoms with E-state index in [1.807, 2.05) is 19.1 Å². The van der Waals surface area contributed by atoms with E-state index in [1.54, 1.807) is 41.3 Å². The molecule has 0 bridgehead atoms. The zero-order chi connectivity index (χ0) is 31.7. The van der Waals surface area contributed by atoms with Crippen molar-refractivity contribution in [3.8, 4) is 0 Å². The van der Waals surface area contributed by atoms with Crippen LogP contribution in [0.1, 0.15) is 41.3 Å². The van der Waals surface area contributed by atoms with Gasteiger partial charge >= 0.3 is 0 Å². The number of rotatable bonds is 7. The summed E-state index contributed by atoms with van der Waals surface area (Å²) in [6.45, 7) is 5.35. The van der Waals surface area contributed by atoms with Crippen molar-refractivity contribution in [2.45, 2.75) is 43.9 Å². The van der Waals surface area contributed by atoms with E-state index in [4.69, 9.17) is 28.9 Å². The molecule has 0 aliphatic carbocycles. The smallest absolute Gasteiger partial charge is 0.255 e. The number of piperazine rings is 1. The highest BCUT2D eigenvalue weighted by atomic mass is 35.5. The Morgan fingerprint density at radius 2 is 1.56 bits per heavy atom. The Morgan fingerprint density at radius 1 is 0.867 bits per heavy atom. The van der Waals surface area contributed by atoms with Gasteiger partial charge in [0.05, 0.1) is 22.1 Å². The lowest BCUT2D eigenvalue weighted by atomic mass is 9.76. The summed E-state index contributed by atoms with van der Waals surface area (Å²) < 4.78 is 14.7. The number of fused-ring (bicyclic) bond motifs is 1. The topological polar surface area (TPSA) is 69.9 Å². The Bertz CT molecular complexity index is 1710. The van der Waals surface area contributed by atoms with Gasteiger partial charge in [0.1, 0.15) is 11.9 Å². The maximum atomic E-state index is 14.7. The van der Waals surface area contributed by atoms with Gasteiger partial charge in [-0.05, 0) is 73.6 Å². The molecule has 6 rings (SSSR count). The van der Waals surface area contributed by atoms with Gasteiger partial charge in [0, 0.05) is 36.6 Å². The summed E-state index contributed by atoms with van der Waals surface area (Å²) in [4.78, 5) is 34.9. The van der Waals surface area contributed by atoms with Gasteiger partial charge in [-0.3, -0.25) is 19.4 Å². The van der Waals surface area contributed by atoms with Crippen molar-refractivity contribution in [2.24, 2.45) is 5.73 Å². The summed E-state index contributed by atoms with van der Waals surface area (Å²) in [6.07, 6.45) is 1.81. The van der Waals surface area contributed by atoms with E-state index in [0.29, 0.717) is 39.5 Å². The molecule has 0 spiro atoms. The van der Waals surface area contributed by atoms with E-state index in [1.165, 1.54) is 17.7 Å². The van der Waals surface area contributed by atoms with Crippen molar-refractivity contribution in [1.82, 2.24) is 14.7 Å². The van der Waals surface area contributed by atoms with Crippen LogP contribution in [0, 0.1) is 5.82 Å². The molecule has 2 fully saturated rings. The van der Waals surface area contributed by atoms with Crippen LogP contribution in [0.25, 0.3) is 10.8 Å². The highest BCUT2D eigenvalue weighted by molar-refractivity contribution is 6.42. The van der Waals surface area contributed by atoms with Gasteiger partial charge < -0.3 is 10.6 Å². The molecular formula is C36H37Cl2FN4O2. The first-order valence-electron chi connectivity index (χ1n) is 15.4. The molecule has 234 valence electrons. The molecular weight excluding hydrogens is 610 g/mol. The summed E-state index contributed by atoms with van der Waals surface area (Å²) in [5.41, 5.74) is 7.54. The summed E-state index contributed by atoms with van der Waals surface area (Å²) in [7, 11) is 0. The van der Waals surface area contributed by atoms with Crippen molar-refractivity contribution in [2.75, 3.05) is 32.7 Å². The zero-order valence-corrected chi connectivity index (χ0v) is 26.8. The molecule has 0 aromatic heterocycles. The van der Waals surface area contributed by atoms with Crippen LogP contribution >= 0.6 is 23.2 Å². The molecule has 2 unspecified atom stereocenters. The highest BCUT2D eigenvalue weighted by Crippen LogP contribution is 2.43. The van der Waals surface area contributed by atoms with Gasteiger partial charge in [-0.1, -0.05) is 83.9 Å². The lowest BCUT2D eigenvalue weighted by Gasteiger charge is -2.57. The lowest BCUT2D eigenvalue weighted by molar-refractivity contribution is -0.136. The largest absolute Gasteiger partial charge is 0.325 e. The molecule has 4 aromatic carbocycles. The van der Waals surface area contributed by atoms with Crippen LogP contribution in [0.4, 0.5) is 4.39 Å². The van der Waals surface area contributed by atoms with Crippen molar-refractivity contribution in [3.63, 3.8) is 0 Å². The van der Waals surface area contributed by atoms with Crippen LogP contribution in [0.3, 0.4) is 0 Å². The fraction of sp³-hybridized carbons (Fsp3) is 0.333. The Morgan fingerprint density at radius 3 is 2.24 bits per heavy atom. The normalized spacial score (nSPS) is 21.7. The Kier molecular flexibility index (Phi) is 9.27. The van der Waals surface area contributed by atoms with Crippen molar-refractivity contribution in [1.29, 1.82) is 0 Å². The molecule has 0 saturated carbocycles. The number of carbonyl (C=O) groups is 2. The number of carbonyl (C=O) groups excluding carboxylic acids is 2. The van der Waals surface area contributed by atoms with Crippen LogP contribution in [-0.4, -0.2) is 71.2 Å². The average molecular weight is 648 g/mol. The quantitative estimate of drug-likeness (QED) is 0.248. The zero-order valence-electron chi connectivity index (χ0n) is 25.3. The van der Waals surface area contributed by atoms with Gasteiger partial charge in [-0.15, -0.1) is 0 Å². The Labute approximate surface area is 273 Å². The minimum atomic E-state index is -0.958. The number of halogens is 3. The van der Waals surface area contributed by atoms with Gasteiger partial charge in [0.2, 0.25) is 0 Å². The Hall–Kier alpha value is -3.33. The van der Waals surface area contributed by atoms with E-state index in [2.05, 4.69) is 34.1 Å². The molecule has 0 radical (unpaired) electrons. The van der Waals surface area contributed by atoms with Crippen LogP contribution < -0.4 is 5.73 Å². The Balaban J connectivity index is 1.38. The molecule has 45 heavy (non-hydrogen) atoms. The maximum absolute atomic E-state index is 14.7. The maximum Gasteiger partial charge on any atom is 0.255 e. The van der Waals surface area contributed by atoms with E-state index >= 15 is 0 Å². The first-order valence-corrected chi connectivity index (χ1v) is 16.2. The number of amides is 1. The molecule has 2 atom stereocenters. The number of benzene rings is 4. The summed E-state index contributed by atoms with van der Waals surface area (Å²) in [5.74, 6) is -0.989. The van der Waals surface area contributed by atoms with Gasteiger partial charge in [-0.2, -0.15) is 0 Å². The molecule has 2 aliphatic rings. The number of hydrogen-bond acceptors (Lipinski definition) is 5. The van der Waals surface area contributed by atoms with Crippen LogP contribution in [0.2, 0.25) is 10.0 Å². The van der Waals surface area contributed by atoms with Gasteiger partial charge in [0.25, 0.3) is 5.91 Å². The number of piperidine rings is 1. The summed E-state index contributed by atoms with van der Waals surface area (Å²) in [6, 6.07) is 24.9. The van der Waals surface area contributed by atoms with Crippen molar-refractivity contribution in [3.05, 3.63) is 117 Å². The van der Waals surface area contributed by atoms with E-state index in [0.717, 1.165) is 38.0 Å². The standard InChI is InChI=1S/C36H37Cl2FN4O2/c1-36(25-11-13-30(37)31(38)21-25)34(33(44)22-40)42(35(45)29-12-14-32(39)28-10-6-5-9-27(28)29)19-20-43(36)26-15-17-41(18-16-26)23-24-7-3-2-4-8-24/h2-14,21,26,34H,15-20,22-23,40H2,1H3. The second kappa shape index (κ2) is 13.2. The first kappa shape index (κ1) is 31.6. The van der Waals surface area contributed by atoms with Gasteiger partial charge in [-0.25, -0.2) is 4.39 Å². The molecule has 9 heteroatoms. The monoisotopic (exact) mass is 646 g/mol. The average Bonchev–Trinajstić information content (AvgIpc) is 3.06. The van der Waals surface area contributed by atoms with E-state index < -0.39 is 17.4 Å². The predicted molar refractivity (Wildman–Crippen MR) is 178 cm³/mol. The second-order valence-corrected chi connectivity index (χ2v) is 13.0. The third-order valence-electron chi connectivity index (χ3n) is 9.64. The van der Waals surface area contributed by atoms with Gasteiger partial charge in [0.15, 0.2) is 5.78 Å². The number of Topliss-reactive ketones (excluding diaryl/α,β-unsaturated/α-hetero) is 1. The lowest BCUT2D eigenvalue weighted by Crippen LogP contribution is -2.71. The molecule has 2 saturated heterocycles. The molecule has 1 amide bonds. The highest BCUT2D eigenvalue weighted by Gasteiger charge is 2.54. The third kappa shape index (κ3) is 6.00. The first-order chi connectivity index (χ1) is 21.7. The van der Waals surface area contributed by atoms with Crippen LogP contribution in [0.15, 0.2) is 84.9 Å². The molecule has 2 N–H and O–H groups in total. The number of nitrogens with two attached hydrogens (primary N) is 1. The second-order valence-electron chi connectivity index (χ2n) is 12.2. The minimum absolute atomic E-state index is 0.161. The molecule has 6 nitrogen and oxygen atoms in total. The van der Waals surface area contributed by atoms with Crippen LogP contribution in [-0.2, 0) is 16.9 Å². The molecule has 4 aromatic rings. The van der Waals surface area contributed by atoms with Crippen molar-refractivity contribution < 1.29 is 14.0 Å². The van der Waals surface area contributed by atoms with Crippen molar-refractivity contribution >= 4 is 45.7 Å².